The third kappa shape index (κ3) is 6.49. The summed E-state index contributed by atoms with van der Waals surface area (Å²) in [6.07, 6.45) is 1.69. The molecule has 1 unspecified atom stereocenters. The Labute approximate surface area is 176 Å². The molecular weight excluding hydrogens is 392 g/mol. The lowest BCUT2D eigenvalue weighted by molar-refractivity contribution is 0.0170. The number of piperidine rings is 1. The summed E-state index contributed by atoms with van der Waals surface area (Å²) in [5, 5.41) is 3.30. The molecule has 2 heterocycles. The molecule has 2 aliphatic heterocycles. The molecule has 0 spiro atoms. The number of hydrogen-bond acceptors (Lipinski definition) is 5. The highest BCUT2D eigenvalue weighted by Gasteiger charge is 2.41. The van der Waals surface area contributed by atoms with Crippen LogP contribution in [-0.4, -0.2) is 85.6 Å². The molecule has 2 saturated heterocycles. The van der Waals surface area contributed by atoms with Crippen molar-refractivity contribution >= 4 is 21.9 Å². The van der Waals surface area contributed by atoms with Gasteiger partial charge < -0.3 is 19.9 Å². The van der Waals surface area contributed by atoms with E-state index in [1.807, 2.05) is 32.6 Å². The summed E-state index contributed by atoms with van der Waals surface area (Å²) in [5.41, 5.74) is -0.498. The summed E-state index contributed by atoms with van der Waals surface area (Å²) in [7, 11) is -3.09. The molecule has 1 N–H and O–H groups in total. The number of nitrogens with zero attached hydrogens (tertiary/aromatic N) is 3. The van der Waals surface area contributed by atoms with E-state index in [1.54, 1.807) is 18.7 Å². The summed E-state index contributed by atoms with van der Waals surface area (Å²) in [6.45, 7) is 14.7. The van der Waals surface area contributed by atoms with Crippen LogP contribution < -0.4 is 5.32 Å². The first-order chi connectivity index (χ1) is 13.3. The monoisotopic (exact) mass is 430 g/mol. The van der Waals surface area contributed by atoms with E-state index >= 15 is 0 Å². The predicted molar refractivity (Wildman–Crippen MR) is 116 cm³/mol. The van der Waals surface area contributed by atoms with Gasteiger partial charge in [-0.3, -0.25) is 4.99 Å². The van der Waals surface area contributed by atoms with Crippen molar-refractivity contribution in [3.63, 3.8) is 0 Å². The number of rotatable bonds is 3. The van der Waals surface area contributed by atoms with Crippen molar-refractivity contribution in [1.29, 1.82) is 0 Å². The summed E-state index contributed by atoms with van der Waals surface area (Å²) < 4.78 is 29.3. The summed E-state index contributed by atoms with van der Waals surface area (Å²) in [5.74, 6) is 1.16. The molecule has 168 valence electrons. The topological polar surface area (TPSA) is 91.3 Å². The van der Waals surface area contributed by atoms with Gasteiger partial charge in [0.25, 0.3) is 0 Å². The van der Waals surface area contributed by atoms with Crippen LogP contribution in [0, 0.1) is 5.92 Å². The first kappa shape index (κ1) is 23.8. The minimum Gasteiger partial charge on any atom is -0.444 e. The van der Waals surface area contributed by atoms with Crippen LogP contribution >= 0.6 is 0 Å². The van der Waals surface area contributed by atoms with E-state index in [4.69, 9.17) is 9.73 Å². The first-order valence-electron chi connectivity index (χ1n) is 10.6. The van der Waals surface area contributed by atoms with Crippen molar-refractivity contribution < 1.29 is 17.9 Å². The van der Waals surface area contributed by atoms with Gasteiger partial charge in [0.1, 0.15) is 5.60 Å². The van der Waals surface area contributed by atoms with E-state index in [9.17, 15) is 13.2 Å². The number of guanidine groups is 1. The van der Waals surface area contributed by atoms with E-state index in [-0.39, 0.29) is 17.8 Å². The van der Waals surface area contributed by atoms with Crippen LogP contribution in [0.15, 0.2) is 4.99 Å². The van der Waals surface area contributed by atoms with E-state index in [0.29, 0.717) is 32.7 Å². The molecule has 1 atom stereocenters. The van der Waals surface area contributed by atoms with Crippen molar-refractivity contribution in [2.24, 2.45) is 10.9 Å². The maximum absolute atomic E-state index is 12.4. The van der Waals surface area contributed by atoms with Gasteiger partial charge in [0, 0.05) is 39.3 Å². The number of aliphatic imine (C=N–C) groups is 1. The van der Waals surface area contributed by atoms with Gasteiger partial charge in [-0.25, -0.2) is 13.2 Å². The van der Waals surface area contributed by atoms with Crippen LogP contribution in [0.2, 0.25) is 0 Å². The number of carbonyl (C=O) groups excluding carboxylic acids is 1. The second-order valence-electron chi connectivity index (χ2n) is 9.63. The number of likely N-dealkylation sites (tertiary alicyclic amines) is 1. The van der Waals surface area contributed by atoms with Gasteiger partial charge in [-0.1, -0.05) is 0 Å². The fraction of sp³-hybridized carbons (Fsp3) is 0.900. The molecule has 0 saturated carbocycles. The highest BCUT2D eigenvalue weighted by Crippen LogP contribution is 2.24. The van der Waals surface area contributed by atoms with Gasteiger partial charge >= 0.3 is 6.09 Å². The second-order valence-corrected chi connectivity index (χ2v) is 12.4. The number of hydrogen-bond donors (Lipinski definition) is 1. The quantitative estimate of drug-likeness (QED) is 0.545. The zero-order valence-electron chi connectivity index (χ0n) is 18.8. The van der Waals surface area contributed by atoms with Gasteiger partial charge in [0.15, 0.2) is 15.8 Å². The van der Waals surface area contributed by atoms with Crippen LogP contribution in [0.25, 0.3) is 0 Å². The van der Waals surface area contributed by atoms with E-state index in [0.717, 1.165) is 25.3 Å². The van der Waals surface area contributed by atoms with Gasteiger partial charge in [-0.05, 0) is 60.3 Å². The Morgan fingerprint density at radius 2 is 1.93 bits per heavy atom. The van der Waals surface area contributed by atoms with Crippen LogP contribution in [0.1, 0.15) is 54.4 Å². The maximum atomic E-state index is 12.4. The third-order valence-corrected chi connectivity index (χ3v) is 7.88. The molecule has 2 aliphatic rings. The van der Waals surface area contributed by atoms with Crippen LogP contribution in [0.4, 0.5) is 4.79 Å². The molecule has 0 bridgehead atoms. The zero-order valence-corrected chi connectivity index (χ0v) is 19.6. The molecule has 0 aromatic rings. The Hall–Kier alpha value is -1.51. The number of carbonyl (C=O) groups is 1. The molecule has 1 amide bonds. The standard InChI is InChI=1S/C20H38N4O4S/c1-7-21-17(24-11-12-29(26,27)20(5,6)15-24)22-13-16-9-8-10-23(14-16)18(25)28-19(2,3)4/h16H,7-15H2,1-6H3,(H,21,22). The lowest BCUT2D eigenvalue weighted by atomic mass is 9.98. The predicted octanol–water partition coefficient (Wildman–Crippen LogP) is 2.11. The molecule has 0 aromatic carbocycles. The Balaban J connectivity index is 2.02. The highest BCUT2D eigenvalue weighted by molar-refractivity contribution is 7.92. The fourth-order valence-electron chi connectivity index (χ4n) is 3.67. The molecule has 29 heavy (non-hydrogen) atoms. The summed E-state index contributed by atoms with van der Waals surface area (Å²) >= 11 is 0. The van der Waals surface area contributed by atoms with Crippen molar-refractivity contribution in [2.75, 3.05) is 45.0 Å². The van der Waals surface area contributed by atoms with Crippen LogP contribution in [0.5, 0.6) is 0 Å². The molecule has 9 heteroatoms. The Bertz CT molecular complexity index is 712. The van der Waals surface area contributed by atoms with E-state index < -0.39 is 20.2 Å². The second kappa shape index (κ2) is 9.10. The number of amides is 1. The number of sulfone groups is 1. The average Bonchev–Trinajstić information content (AvgIpc) is 2.60. The van der Waals surface area contributed by atoms with Gasteiger partial charge in [-0.15, -0.1) is 0 Å². The molecule has 2 fully saturated rings. The van der Waals surface area contributed by atoms with Crippen LogP contribution in [0.3, 0.4) is 0 Å². The Kier molecular flexibility index (Phi) is 7.46. The normalized spacial score (nSPS) is 24.9. The van der Waals surface area contributed by atoms with Gasteiger partial charge in [0.05, 0.1) is 10.5 Å². The van der Waals surface area contributed by atoms with E-state index in [1.165, 1.54) is 0 Å². The molecule has 0 radical (unpaired) electrons. The smallest absolute Gasteiger partial charge is 0.410 e. The van der Waals surface area contributed by atoms with Gasteiger partial charge in [-0.2, -0.15) is 0 Å². The SMILES string of the molecule is CCNC(=NCC1CCCN(C(=O)OC(C)(C)C)C1)N1CCS(=O)(=O)C(C)(C)C1. The van der Waals surface area contributed by atoms with Crippen molar-refractivity contribution in [1.82, 2.24) is 15.1 Å². The third-order valence-electron chi connectivity index (χ3n) is 5.35. The molecular formula is C20H38N4O4S. The Morgan fingerprint density at radius 3 is 2.52 bits per heavy atom. The molecule has 2 rings (SSSR count). The first-order valence-corrected chi connectivity index (χ1v) is 12.2. The lowest BCUT2D eigenvalue weighted by Gasteiger charge is -2.39. The lowest BCUT2D eigenvalue weighted by Crippen LogP contribution is -2.57. The minimum atomic E-state index is -3.09. The largest absolute Gasteiger partial charge is 0.444 e. The number of ether oxygens (including phenoxy) is 1. The average molecular weight is 431 g/mol. The van der Waals surface area contributed by atoms with Crippen molar-refractivity contribution in [2.45, 2.75) is 64.7 Å². The van der Waals surface area contributed by atoms with Crippen LogP contribution in [-0.2, 0) is 14.6 Å². The van der Waals surface area contributed by atoms with Gasteiger partial charge in [0.2, 0.25) is 0 Å². The highest BCUT2D eigenvalue weighted by atomic mass is 32.2. The maximum Gasteiger partial charge on any atom is 0.410 e. The molecule has 0 aliphatic carbocycles. The zero-order chi connectivity index (χ0) is 21.9. The van der Waals surface area contributed by atoms with E-state index in [2.05, 4.69) is 5.32 Å². The summed E-state index contributed by atoms with van der Waals surface area (Å²) in [4.78, 5) is 21.0. The molecule has 8 nitrogen and oxygen atoms in total. The fourth-order valence-corrected chi connectivity index (χ4v) is 5.04. The summed E-state index contributed by atoms with van der Waals surface area (Å²) in [6, 6.07) is 0. The molecule has 0 aromatic heterocycles. The van der Waals surface area contributed by atoms with Crippen molar-refractivity contribution in [3.05, 3.63) is 0 Å². The van der Waals surface area contributed by atoms with Crippen molar-refractivity contribution in [3.8, 4) is 0 Å². The minimum absolute atomic E-state index is 0.139. The Morgan fingerprint density at radius 1 is 1.24 bits per heavy atom. The number of nitrogens with one attached hydrogen (secondary N) is 1.